The van der Waals surface area contributed by atoms with E-state index in [2.05, 4.69) is 4.98 Å². The van der Waals surface area contributed by atoms with Gasteiger partial charge in [0.1, 0.15) is 12.0 Å². The van der Waals surface area contributed by atoms with E-state index in [1.807, 2.05) is 25.2 Å². The number of carbonyl (C=O) groups excluding carboxylic acids is 2. The fraction of sp³-hybridized carbons (Fsp3) is 0.346. The van der Waals surface area contributed by atoms with Gasteiger partial charge in [0.15, 0.2) is 5.78 Å². The summed E-state index contributed by atoms with van der Waals surface area (Å²) in [4.78, 5) is 30.4. The molecule has 1 aliphatic rings. The van der Waals surface area contributed by atoms with Crippen LogP contribution in [0.4, 0.5) is 13.2 Å². The summed E-state index contributed by atoms with van der Waals surface area (Å²) in [5.74, 6) is -2.13. The summed E-state index contributed by atoms with van der Waals surface area (Å²) < 4.78 is 45.1. The fourth-order valence-electron chi connectivity index (χ4n) is 3.81. The first-order chi connectivity index (χ1) is 15.7. The molecule has 33 heavy (non-hydrogen) atoms. The Morgan fingerprint density at radius 2 is 2.00 bits per heavy atom. The zero-order chi connectivity index (χ0) is 24.0. The van der Waals surface area contributed by atoms with Gasteiger partial charge in [0.25, 0.3) is 0 Å². The van der Waals surface area contributed by atoms with Crippen LogP contribution in [0.15, 0.2) is 72.6 Å². The second-order valence-corrected chi connectivity index (χ2v) is 8.13. The lowest BCUT2D eigenvalue weighted by atomic mass is 9.83. The van der Waals surface area contributed by atoms with Gasteiger partial charge in [-0.05, 0) is 55.0 Å². The quantitative estimate of drug-likeness (QED) is 0.258. The summed E-state index contributed by atoms with van der Waals surface area (Å²) >= 11 is 0. The van der Waals surface area contributed by atoms with Crippen molar-refractivity contribution in [3.63, 3.8) is 0 Å². The monoisotopic (exact) mass is 457 g/mol. The van der Waals surface area contributed by atoms with Gasteiger partial charge >= 0.3 is 12.1 Å². The standard InChI is InChI=1S/C26H26F3NO3/c1-3-23(19-10-6-12-21(14-19)26(27,28)29)33-25(32)22(15-18-9-5-4-8-17(18)2)24(31)20-11-7-13-30-16-20/h4-7,9-14,16-17,22-23H,3,8,15H2,1-2H3. The zero-order valence-corrected chi connectivity index (χ0v) is 18.5. The molecular formula is C26H26F3NO3. The first kappa shape index (κ1) is 24.4. The van der Waals surface area contributed by atoms with Gasteiger partial charge < -0.3 is 4.74 Å². The third-order valence-electron chi connectivity index (χ3n) is 5.77. The van der Waals surface area contributed by atoms with E-state index in [9.17, 15) is 22.8 Å². The smallest absolute Gasteiger partial charge is 0.416 e. The largest absolute Gasteiger partial charge is 0.457 e. The highest BCUT2D eigenvalue weighted by Gasteiger charge is 2.34. The Morgan fingerprint density at radius 3 is 2.64 bits per heavy atom. The first-order valence-electron chi connectivity index (χ1n) is 10.9. The minimum atomic E-state index is -4.51. The average Bonchev–Trinajstić information content (AvgIpc) is 2.81. The van der Waals surface area contributed by atoms with Crippen LogP contribution in [-0.2, 0) is 15.7 Å². The van der Waals surface area contributed by atoms with E-state index in [0.717, 1.165) is 24.1 Å². The Labute approximate surface area is 191 Å². The number of alkyl halides is 3. The summed E-state index contributed by atoms with van der Waals surface area (Å²) in [5, 5.41) is 0. The second-order valence-electron chi connectivity index (χ2n) is 8.13. The minimum absolute atomic E-state index is 0.164. The van der Waals surface area contributed by atoms with E-state index in [1.54, 1.807) is 19.1 Å². The summed E-state index contributed by atoms with van der Waals surface area (Å²) in [6.07, 6.45) is 4.57. The molecule has 1 aromatic carbocycles. The maximum absolute atomic E-state index is 13.2. The van der Waals surface area contributed by atoms with Crippen LogP contribution >= 0.6 is 0 Å². The molecule has 0 N–H and O–H groups in total. The molecular weight excluding hydrogens is 431 g/mol. The molecule has 4 nitrogen and oxygen atoms in total. The molecule has 174 valence electrons. The molecule has 2 aromatic rings. The molecule has 0 radical (unpaired) electrons. The van der Waals surface area contributed by atoms with Gasteiger partial charge in [-0.1, -0.05) is 49.8 Å². The van der Waals surface area contributed by atoms with E-state index >= 15 is 0 Å². The predicted molar refractivity (Wildman–Crippen MR) is 118 cm³/mol. The van der Waals surface area contributed by atoms with E-state index < -0.39 is 35.5 Å². The molecule has 1 aromatic heterocycles. The average molecular weight is 457 g/mol. The Kier molecular flexibility index (Phi) is 7.84. The van der Waals surface area contributed by atoms with E-state index in [4.69, 9.17) is 4.74 Å². The molecule has 1 aliphatic carbocycles. The highest BCUT2D eigenvalue weighted by Crippen LogP contribution is 2.34. The highest BCUT2D eigenvalue weighted by molar-refractivity contribution is 6.08. The number of allylic oxidation sites excluding steroid dienone is 4. The lowest BCUT2D eigenvalue weighted by Gasteiger charge is -2.24. The van der Waals surface area contributed by atoms with Gasteiger partial charge in [0.05, 0.1) is 5.56 Å². The summed E-state index contributed by atoms with van der Waals surface area (Å²) in [7, 11) is 0. The lowest BCUT2D eigenvalue weighted by molar-refractivity contribution is -0.152. The number of hydrogen-bond acceptors (Lipinski definition) is 4. The Hall–Kier alpha value is -3.22. The molecule has 0 spiro atoms. The summed E-state index contributed by atoms with van der Waals surface area (Å²) in [6.45, 7) is 3.73. The molecule has 0 aliphatic heterocycles. The summed E-state index contributed by atoms with van der Waals surface area (Å²) in [5.41, 5.74) is 0.655. The van der Waals surface area contributed by atoms with Crippen molar-refractivity contribution >= 4 is 11.8 Å². The van der Waals surface area contributed by atoms with Crippen LogP contribution in [0, 0.1) is 11.8 Å². The second kappa shape index (κ2) is 10.6. The molecule has 3 rings (SSSR count). The lowest BCUT2D eigenvalue weighted by Crippen LogP contribution is -2.29. The highest BCUT2D eigenvalue weighted by atomic mass is 19.4. The van der Waals surface area contributed by atoms with Crippen LogP contribution in [0.2, 0.25) is 0 Å². The van der Waals surface area contributed by atoms with Crippen molar-refractivity contribution in [2.75, 3.05) is 0 Å². The maximum Gasteiger partial charge on any atom is 0.416 e. The fourth-order valence-corrected chi connectivity index (χ4v) is 3.81. The number of halogens is 3. The van der Waals surface area contributed by atoms with Crippen LogP contribution < -0.4 is 0 Å². The van der Waals surface area contributed by atoms with E-state index in [1.165, 1.54) is 24.5 Å². The van der Waals surface area contributed by atoms with Crippen molar-refractivity contribution < 1.29 is 27.5 Å². The number of carbonyl (C=O) groups is 2. The first-order valence-corrected chi connectivity index (χ1v) is 10.9. The Balaban J connectivity index is 1.88. The van der Waals surface area contributed by atoms with Crippen LogP contribution in [0.3, 0.4) is 0 Å². The number of nitrogens with zero attached hydrogens (tertiary/aromatic N) is 1. The van der Waals surface area contributed by atoms with Crippen LogP contribution in [0.25, 0.3) is 0 Å². The Morgan fingerprint density at radius 1 is 1.21 bits per heavy atom. The van der Waals surface area contributed by atoms with Crippen molar-refractivity contribution in [3.05, 3.63) is 89.3 Å². The van der Waals surface area contributed by atoms with Crippen molar-refractivity contribution in [2.45, 2.75) is 45.4 Å². The predicted octanol–water partition coefficient (Wildman–Crippen LogP) is 6.51. The molecule has 3 atom stereocenters. The zero-order valence-electron chi connectivity index (χ0n) is 18.5. The van der Waals surface area contributed by atoms with Crippen molar-refractivity contribution in [1.82, 2.24) is 4.98 Å². The van der Waals surface area contributed by atoms with E-state index in [0.29, 0.717) is 0 Å². The summed E-state index contributed by atoms with van der Waals surface area (Å²) in [6, 6.07) is 7.92. The molecule has 0 fully saturated rings. The van der Waals surface area contributed by atoms with E-state index in [-0.39, 0.29) is 29.9 Å². The molecule has 0 bridgehead atoms. The normalized spacial score (nSPS) is 17.7. The topological polar surface area (TPSA) is 56.3 Å². The minimum Gasteiger partial charge on any atom is -0.457 e. The van der Waals surface area contributed by atoms with Gasteiger partial charge in [-0.3, -0.25) is 14.6 Å². The number of ether oxygens (including phenoxy) is 1. The molecule has 0 amide bonds. The van der Waals surface area contributed by atoms with Gasteiger partial charge in [-0.25, -0.2) is 0 Å². The number of esters is 1. The van der Waals surface area contributed by atoms with Gasteiger partial charge in [0, 0.05) is 18.0 Å². The third-order valence-corrected chi connectivity index (χ3v) is 5.77. The van der Waals surface area contributed by atoms with Crippen LogP contribution in [0.5, 0.6) is 0 Å². The van der Waals surface area contributed by atoms with Crippen molar-refractivity contribution in [3.8, 4) is 0 Å². The number of benzene rings is 1. The number of ketones is 1. The number of Topliss-reactive ketones (excluding diaryl/α,β-unsaturated/α-hetero) is 1. The van der Waals surface area contributed by atoms with Gasteiger partial charge in [-0.2, -0.15) is 13.2 Å². The Bertz CT molecular complexity index is 1040. The van der Waals surface area contributed by atoms with Crippen molar-refractivity contribution in [1.29, 1.82) is 0 Å². The van der Waals surface area contributed by atoms with Crippen LogP contribution in [0.1, 0.15) is 60.7 Å². The molecule has 0 saturated heterocycles. The molecule has 3 unspecified atom stereocenters. The van der Waals surface area contributed by atoms with Gasteiger partial charge in [-0.15, -0.1) is 0 Å². The molecule has 7 heteroatoms. The number of aromatic nitrogens is 1. The van der Waals surface area contributed by atoms with Crippen LogP contribution in [-0.4, -0.2) is 16.7 Å². The van der Waals surface area contributed by atoms with Crippen molar-refractivity contribution in [2.24, 2.45) is 11.8 Å². The third kappa shape index (κ3) is 6.18. The number of rotatable bonds is 8. The molecule has 0 saturated carbocycles. The number of hydrogen-bond donors (Lipinski definition) is 0. The molecule has 1 heterocycles. The maximum atomic E-state index is 13.2. The van der Waals surface area contributed by atoms with Gasteiger partial charge in [0.2, 0.25) is 0 Å². The number of pyridine rings is 1. The SMILES string of the molecule is CCC(OC(=O)C(CC1=CC=CCC1C)C(=O)c1cccnc1)c1cccc(C(F)(F)F)c1.